The van der Waals surface area contributed by atoms with Crippen LogP contribution in [0.25, 0.3) is 0 Å². The van der Waals surface area contributed by atoms with Crippen LogP contribution in [-0.2, 0) is 11.2 Å². The van der Waals surface area contributed by atoms with E-state index in [2.05, 4.69) is 10.6 Å². The maximum absolute atomic E-state index is 11.6. The van der Waals surface area contributed by atoms with Gasteiger partial charge < -0.3 is 15.7 Å². The van der Waals surface area contributed by atoms with Crippen molar-refractivity contribution in [2.24, 2.45) is 0 Å². The van der Waals surface area contributed by atoms with Gasteiger partial charge in [0.2, 0.25) is 5.91 Å². The van der Waals surface area contributed by atoms with Gasteiger partial charge in [-0.25, -0.2) is 0 Å². The summed E-state index contributed by atoms with van der Waals surface area (Å²) in [7, 11) is 1.86. The molecule has 18 heavy (non-hydrogen) atoms. The van der Waals surface area contributed by atoms with E-state index in [1.165, 1.54) is 0 Å². The first-order valence-electron chi connectivity index (χ1n) is 6.35. The Bertz CT molecular complexity index is 341. The molecule has 0 bridgehead atoms. The molecule has 0 spiro atoms. The average molecular weight is 250 g/mol. The van der Waals surface area contributed by atoms with Gasteiger partial charge in [0.1, 0.15) is 0 Å². The second-order valence-corrected chi connectivity index (χ2v) is 4.34. The fraction of sp³-hybridized carbons (Fsp3) is 0.500. The third-order valence-corrected chi connectivity index (χ3v) is 2.74. The maximum Gasteiger partial charge on any atom is 0.220 e. The van der Waals surface area contributed by atoms with E-state index in [0.29, 0.717) is 12.8 Å². The van der Waals surface area contributed by atoms with Crippen molar-refractivity contribution in [2.45, 2.75) is 25.3 Å². The minimum Gasteiger partial charge on any atom is -0.394 e. The molecule has 1 rings (SSSR count). The van der Waals surface area contributed by atoms with Crippen LogP contribution < -0.4 is 10.6 Å². The van der Waals surface area contributed by atoms with Crippen LogP contribution in [0.1, 0.15) is 18.4 Å². The second-order valence-electron chi connectivity index (χ2n) is 4.34. The monoisotopic (exact) mass is 250 g/mol. The van der Waals surface area contributed by atoms with Gasteiger partial charge in [-0.1, -0.05) is 30.3 Å². The van der Waals surface area contributed by atoms with Gasteiger partial charge in [0, 0.05) is 6.42 Å². The predicted molar refractivity (Wildman–Crippen MR) is 72.3 cm³/mol. The van der Waals surface area contributed by atoms with E-state index in [1.54, 1.807) is 0 Å². The summed E-state index contributed by atoms with van der Waals surface area (Å²) >= 11 is 0. The Hall–Kier alpha value is -1.39. The van der Waals surface area contributed by atoms with E-state index >= 15 is 0 Å². The van der Waals surface area contributed by atoms with Crippen molar-refractivity contribution in [2.75, 3.05) is 20.2 Å². The van der Waals surface area contributed by atoms with Crippen LogP contribution in [0.3, 0.4) is 0 Å². The van der Waals surface area contributed by atoms with Crippen LogP contribution in [0, 0.1) is 0 Å². The number of hydrogen-bond acceptors (Lipinski definition) is 3. The number of carbonyl (C=O) groups excluding carboxylic acids is 1. The Morgan fingerprint density at radius 3 is 2.67 bits per heavy atom. The Morgan fingerprint density at radius 2 is 2.06 bits per heavy atom. The average Bonchev–Trinajstić information content (AvgIpc) is 2.39. The highest BCUT2D eigenvalue weighted by Crippen LogP contribution is 2.03. The molecule has 1 unspecified atom stereocenters. The van der Waals surface area contributed by atoms with E-state index in [-0.39, 0.29) is 18.6 Å². The van der Waals surface area contributed by atoms with E-state index in [9.17, 15) is 9.90 Å². The van der Waals surface area contributed by atoms with Gasteiger partial charge >= 0.3 is 0 Å². The molecule has 3 N–H and O–H groups in total. The molecule has 1 aromatic rings. The van der Waals surface area contributed by atoms with Crippen LogP contribution in [0.2, 0.25) is 0 Å². The highest BCUT2D eigenvalue weighted by atomic mass is 16.3. The zero-order valence-electron chi connectivity index (χ0n) is 10.9. The van der Waals surface area contributed by atoms with Crippen molar-refractivity contribution in [3.63, 3.8) is 0 Å². The molecule has 1 amide bonds. The Labute approximate surface area is 108 Å². The van der Waals surface area contributed by atoms with Gasteiger partial charge in [-0.2, -0.15) is 0 Å². The van der Waals surface area contributed by atoms with E-state index in [1.807, 2.05) is 37.4 Å². The lowest BCUT2D eigenvalue weighted by atomic mass is 10.1. The molecule has 0 saturated carbocycles. The van der Waals surface area contributed by atoms with Gasteiger partial charge in [0.15, 0.2) is 0 Å². The fourth-order valence-electron chi connectivity index (χ4n) is 1.79. The lowest BCUT2D eigenvalue weighted by Gasteiger charge is -2.16. The first-order chi connectivity index (χ1) is 8.76. The molecule has 0 aromatic heterocycles. The first kappa shape index (κ1) is 14.7. The third kappa shape index (κ3) is 5.80. The summed E-state index contributed by atoms with van der Waals surface area (Å²) in [6.07, 6.45) is 1.97. The standard InChI is InChI=1S/C14H22N2O2/c1-15-9-5-8-14(18)16-13(11-17)10-12-6-3-2-4-7-12/h2-4,6-7,13,15,17H,5,8-11H2,1H3,(H,16,18). The molecule has 0 fully saturated rings. The van der Waals surface area contributed by atoms with Gasteiger partial charge in [0.05, 0.1) is 12.6 Å². The van der Waals surface area contributed by atoms with Crippen LogP contribution in [0.15, 0.2) is 30.3 Å². The highest BCUT2D eigenvalue weighted by Gasteiger charge is 2.11. The molecular formula is C14H22N2O2. The molecule has 0 aliphatic carbocycles. The Kier molecular flexibility index (Phi) is 7.06. The topological polar surface area (TPSA) is 61.4 Å². The molecule has 100 valence electrons. The number of aliphatic hydroxyl groups is 1. The number of carbonyl (C=O) groups is 1. The number of nitrogens with one attached hydrogen (secondary N) is 2. The van der Waals surface area contributed by atoms with Crippen LogP contribution in [0.5, 0.6) is 0 Å². The van der Waals surface area contributed by atoms with Gasteiger partial charge in [-0.15, -0.1) is 0 Å². The number of rotatable bonds is 8. The molecule has 1 aromatic carbocycles. The summed E-state index contributed by atoms with van der Waals surface area (Å²) in [6, 6.07) is 9.66. The smallest absolute Gasteiger partial charge is 0.220 e. The van der Waals surface area contributed by atoms with Crippen molar-refractivity contribution in [3.8, 4) is 0 Å². The molecule has 0 radical (unpaired) electrons. The summed E-state index contributed by atoms with van der Waals surface area (Å²) in [5.41, 5.74) is 1.12. The Morgan fingerprint density at radius 1 is 1.33 bits per heavy atom. The first-order valence-corrected chi connectivity index (χ1v) is 6.35. The maximum atomic E-state index is 11.6. The molecule has 0 aliphatic rings. The summed E-state index contributed by atoms with van der Waals surface area (Å²) in [5, 5.41) is 15.1. The number of benzene rings is 1. The number of aliphatic hydroxyl groups excluding tert-OH is 1. The van der Waals surface area contributed by atoms with Gasteiger partial charge in [-0.3, -0.25) is 4.79 Å². The molecule has 1 atom stereocenters. The second kappa shape index (κ2) is 8.66. The summed E-state index contributed by atoms with van der Waals surface area (Å²) in [5.74, 6) is 0.000214. The van der Waals surface area contributed by atoms with Crippen molar-refractivity contribution in [1.82, 2.24) is 10.6 Å². The lowest BCUT2D eigenvalue weighted by molar-refractivity contribution is -0.122. The van der Waals surface area contributed by atoms with Crippen molar-refractivity contribution in [1.29, 1.82) is 0 Å². The van der Waals surface area contributed by atoms with Crippen molar-refractivity contribution < 1.29 is 9.90 Å². The lowest BCUT2D eigenvalue weighted by Crippen LogP contribution is -2.39. The van der Waals surface area contributed by atoms with Crippen molar-refractivity contribution in [3.05, 3.63) is 35.9 Å². The molecule has 4 heteroatoms. The molecular weight excluding hydrogens is 228 g/mol. The summed E-state index contributed by atoms with van der Waals surface area (Å²) < 4.78 is 0. The van der Waals surface area contributed by atoms with Crippen molar-refractivity contribution >= 4 is 5.91 Å². The van der Waals surface area contributed by atoms with E-state index < -0.39 is 0 Å². The Balaban J connectivity index is 2.35. The molecule has 0 aliphatic heterocycles. The normalized spacial score (nSPS) is 12.1. The quantitative estimate of drug-likeness (QED) is 0.595. The van der Waals surface area contributed by atoms with Crippen LogP contribution >= 0.6 is 0 Å². The molecule has 4 nitrogen and oxygen atoms in total. The zero-order chi connectivity index (χ0) is 13.2. The van der Waals surface area contributed by atoms with Gasteiger partial charge in [-0.05, 0) is 32.0 Å². The zero-order valence-corrected chi connectivity index (χ0v) is 10.9. The van der Waals surface area contributed by atoms with E-state index in [0.717, 1.165) is 18.5 Å². The number of hydrogen-bond donors (Lipinski definition) is 3. The number of amides is 1. The summed E-state index contributed by atoms with van der Waals surface area (Å²) in [6.45, 7) is 0.794. The summed E-state index contributed by atoms with van der Waals surface area (Å²) in [4.78, 5) is 11.6. The molecule has 0 saturated heterocycles. The minimum atomic E-state index is -0.200. The largest absolute Gasteiger partial charge is 0.394 e. The fourth-order valence-corrected chi connectivity index (χ4v) is 1.79. The van der Waals surface area contributed by atoms with E-state index in [4.69, 9.17) is 0 Å². The van der Waals surface area contributed by atoms with Crippen LogP contribution in [-0.4, -0.2) is 37.3 Å². The third-order valence-electron chi connectivity index (χ3n) is 2.74. The predicted octanol–water partition coefficient (Wildman–Crippen LogP) is 0.706. The minimum absolute atomic E-state index is 0.000214. The molecule has 0 heterocycles. The van der Waals surface area contributed by atoms with Crippen LogP contribution in [0.4, 0.5) is 0 Å². The van der Waals surface area contributed by atoms with Gasteiger partial charge in [0.25, 0.3) is 0 Å². The highest BCUT2D eigenvalue weighted by molar-refractivity contribution is 5.76. The SMILES string of the molecule is CNCCCC(=O)NC(CO)Cc1ccccc1.